The molecule has 0 aliphatic carbocycles. The topological polar surface area (TPSA) is 52.1 Å². The Morgan fingerprint density at radius 3 is 2.73 bits per heavy atom. The van der Waals surface area contributed by atoms with Gasteiger partial charge in [-0.15, -0.1) is 0 Å². The van der Waals surface area contributed by atoms with E-state index >= 15 is 0 Å². The molecule has 0 saturated heterocycles. The maximum absolute atomic E-state index is 10.4. The van der Waals surface area contributed by atoms with Gasteiger partial charge in [-0.25, -0.2) is 4.98 Å². The lowest BCUT2D eigenvalue weighted by molar-refractivity contribution is -0.107. The Bertz CT molecular complexity index is 337. The maximum atomic E-state index is 10.4. The van der Waals surface area contributed by atoms with Gasteiger partial charge in [-0.2, -0.15) is 4.98 Å². The number of rotatable bonds is 5. The number of hydrogen-bond acceptors (Lipinski definition) is 4. The Balaban J connectivity index is 3.02. The summed E-state index contributed by atoms with van der Waals surface area (Å²) >= 11 is 0. The van der Waals surface area contributed by atoms with Crippen LogP contribution in [0, 0.1) is 0 Å². The third-order valence-corrected chi connectivity index (χ3v) is 1.87. The fourth-order valence-corrected chi connectivity index (χ4v) is 1.16. The summed E-state index contributed by atoms with van der Waals surface area (Å²) in [5.74, 6) is 1.50. The summed E-state index contributed by atoms with van der Waals surface area (Å²) in [6.45, 7) is 6.48. The van der Waals surface area contributed by atoms with E-state index in [9.17, 15) is 4.79 Å². The average molecular weight is 208 g/mol. The quantitative estimate of drug-likeness (QED) is 0.691. The van der Waals surface area contributed by atoms with Gasteiger partial charge in [0.25, 0.3) is 0 Å². The van der Waals surface area contributed by atoms with Crippen molar-refractivity contribution in [2.75, 3.05) is 6.61 Å². The zero-order valence-electron chi connectivity index (χ0n) is 9.36. The van der Waals surface area contributed by atoms with Crippen LogP contribution < -0.4 is 4.74 Å². The molecule has 4 heteroatoms. The molecule has 0 atom stereocenters. The summed E-state index contributed by atoms with van der Waals surface area (Å²) in [5.41, 5.74) is 0.715. The Morgan fingerprint density at radius 2 is 2.20 bits per heavy atom. The predicted octanol–water partition coefficient (Wildman–Crippen LogP) is 1.74. The first-order valence-corrected chi connectivity index (χ1v) is 5.11. The van der Waals surface area contributed by atoms with E-state index in [-0.39, 0.29) is 5.92 Å². The second kappa shape index (κ2) is 5.44. The van der Waals surface area contributed by atoms with E-state index < -0.39 is 0 Å². The molecule has 1 heterocycles. The monoisotopic (exact) mass is 208 g/mol. The van der Waals surface area contributed by atoms with Crippen molar-refractivity contribution in [1.82, 2.24) is 9.97 Å². The molecule has 0 aliphatic heterocycles. The minimum atomic E-state index is 0.232. The van der Waals surface area contributed by atoms with Crippen LogP contribution in [0.4, 0.5) is 0 Å². The maximum Gasteiger partial charge on any atom is 0.216 e. The first-order valence-electron chi connectivity index (χ1n) is 5.11. The largest absolute Gasteiger partial charge is 0.478 e. The number of carbonyl (C=O) groups excluding carboxylic acids is 1. The summed E-state index contributed by atoms with van der Waals surface area (Å²) in [7, 11) is 0. The minimum absolute atomic E-state index is 0.232. The van der Waals surface area contributed by atoms with Crippen molar-refractivity contribution in [1.29, 1.82) is 0 Å². The molecule has 0 fully saturated rings. The van der Waals surface area contributed by atoms with Crippen molar-refractivity contribution in [3.8, 4) is 5.88 Å². The molecule has 0 bridgehead atoms. The van der Waals surface area contributed by atoms with Crippen molar-refractivity contribution in [2.24, 2.45) is 0 Å². The van der Waals surface area contributed by atoms with Crippen molar-refractivity contribution in [3.63, 3.8) is 0 Å². The van der Waals surface area contributed by atoms with E-state index in [0.29, 0.717) is 24.6 Å². The summed E-state index contributed by atoms with van der Waals surface area (Å²) < 4.78 is 5.32. The number of carbonyl (C=O) groups is 1. The number of ether oxygens (including phenoxy) is 1. The highest BCUT2D eigenvalue weighted by molar-refractivity contribution is 5.53. The molecule has 15 heavy (non-hydrogen) atoms. The molecule has 0 spiro atoms. The van der Waals surface area contributed by atoms with E-state index in [1.165, 1.54) is 0 Å². The van der Waals surface area contributed by atoms with Crippen molar-refractivity contribution < 1.29 is 9.53 Å². The molecule has 4 nitrogen and oxygen atoms in total. The zero-order valence-corrected chi connectivity index (χ0v) is 9.36. The summed E-state index contributed by atoms with van der Waals surface area (Å²) in [5, 5.41) is 0. The molecule has 0 N–H and O–H groups in total. The van der Waals surface area contributed by atoms with Gasteiger partial charge in [0.1, 0.15) is 12.1 Å². The van der Waals surface area contributed by atoms with E-state index in [1.807, 2.05) is 20.8 Å². The van der Waals surface area contributed by atoms with Crippen LogP contribution in [0.5, 0.6) is 5.88 Å². The van der Waals surface area contributed by atoms with Gasteiger partial charge < -0.3 is 9.53 Å². The third kappa shape index (κ3) is 3.31. The molecule has 0 radical (unpaired) electrons. The second-order valence-electron chi connectivity index (χ2n) is 3.51. The highest BCUT2D eigenvalue weighted by atomic mass is 16.5. The standard InChI is InChI=1S/C11H16N2O2/c1-4-15-10-7-9(5-6-14)12-11(13-10)8(2)3/h6-8H,4-5H2,1-3H3. The highest BCUT2D eigenvalue weighted by Crippen LogP contribution is 2.15. The van der Waals surface area contributed by atoms with Gasteiger partial charge in [-0.1, -0.05) is 13.8 Å². The third-order valence-electron chi connectivity index (χ3n) is 1.87. The molecule has 0 saturated carbocycles. The van der Waals surface area contributed by atoms with Gasteiger partial charge in [0, 0.05) is 18.4 Å². The van der Waals surface area contributed by atoms with Gasteiger partial charge >= 0.3 is 0 Å². The van der Waals surface area contributed by atoms with Gasteiger partial charge in [0.2, 0.25) is 5.88 Å². The van der Waals surface area contributed by atoms with Gasteiger partial charge in [-0.05, 0) is 6.92 Å². The molecular weight excluding hydrogens is 192 g/mol. The van der Waals surface area contributed by atoms with Gasteiger partial charge in [0.15, 0.2) is 0 Å². The van der Waals surface area contributed by atoms with Crippen LogP contribution in [0.1, 0.15) is 38.2 Å². The Hall–Kier alpha value is -1.45. The Morgan fingerprint density at radius 1 is 1.47 bits per heavy atom. The SMILES string of the molecule is CCOc1cc(CC=O)nc(C(C)C)n1. The lowest BCUT2D eigenvalue weighted by Crippen LogP contribution is -2.05. The number of nitrogens with zero attached hydrogens (tertiary/aromatic N) is 2. The number of hydrogen-bond donors (Lipinski definition) is 0. The first-order chi connectivity index (χ1) is 7.17. The van der Waals surface area contributed by atoms with Crippen LogP contribution in [0.3, 0.4) is 0 Å². The number of aldehydes is 1. The lowest BCUT2D eigenvalue weighted by Gasteiger charge is -2.08. The molecule has 0 aliphatic rings. The van der Waals surface area contributed by atoms with E-state index in [2.05, 4.69) is 9.97 Å². The van der Waals surface area contributed by atoms with Crippen molar-refractivity contribution in [3.05, 3.63) is 17.6 Å². The van der Waals surface area contributed by atoms with Crippen LogP contribution in [-0.4, -0.2) is 22.9 Å². The summed E-state index contributed by atoms with van der Waals surface area (Å²) in [6.07, 6.45) is 1.14. The molecule has 0 aromatic carbocycles. The summed E-state index contributed by atoms with van der Waals surface area (Å²) in [6, 6.07) is 1.71. The second-order valence-corrected chi connectivity index (χ2v) is 3.51. The normalized spacial score (nSPS) is 10.4. The van der Waals surface area contributed by atoms with Crippen molar-refractivity contribution in [2.45, 2.75) is 33.1 Å². The average Bonchev–Trinajstić information content (AvgIpc) is 2.18. The molecule has 1 rings (SSSR count). The van der Waals surface area contributed by atoms with E-state index in [4.69, 9.17) is 4.74 Å². The fraction of sp³-hybridized carbons (Fsp3) is 0.545. The molecule has 1 aromatic rings. The molecular formula is C11H16N2O2. The highest BCUT2D eigenvalue weighted by Gasteiger charge is 2.08. The van der Waals surface area contributed by atoms with Crippen LogP contribution >= 0.6 is 0 Å². The van der Waals surface area contributed by atoms with Crippen LogP contribution in [-0.2, 0) is 11.2 Å². The molecule has 82 valence electrons. The molecule has 1 aromatic heterocycles. The van der Waals surface area contributed by atoms with E-state index in [1.54, 1.807) is 6.07 Å². The van der Waals surface area contributed by atoms with Crippen LogP contribution in [0.2, 0.25) is 0 Å². The minimum Gasteiger partial charge on any atom is -0.478 e. The number of aromatic nitrogens is 2. The Labute approximate surface area is 89.7 Å². The Kier molecular flexibility index (Phi) is 4.21. The predicted molar refractivity (Wildman–Crippen MR) is 57.1 cm³/mol. The fourth-order valence-electron chi connectivity index (χ4n) is 1.16. The van der Waals surface area contributed by atoms with Crippen LogP contribution in [0.25, 0.3) is 0 Å². The van der Waals surface area contributed by atoms with E-state index in [0.717, 1.165) is 12.1 Å². The zero-order chi connectivity index (χ0) is 11.3. The molecule has 0 unspecified atom stereocenters. The van der Waals surface area contributed by atoms with Gasteiger partial charge in [0.05, 0.1) is 12.3 Å². The lowest BCUT2D eigenvalue weighted by atomic mass is 10.2. The van der Waals surface area contributed by atoms with Crippen molar-refractivity contribution >= 4 is 6.29 Å². The first kappa shape index (κ1) is 11.6. The smallest absolute Gasteiger partial charge is 0.216 e. The molecule has 0 amide bonds. The van der Waals surface area contributed by atoms with Crippen LogP contribution in [0.15, 0.2) is 6.07 Å². The van der Waals surface area contributed by atoms with Gasteiger partial charge in [-0.3, -0.25) is 0 Å². The summed E-state index contributed by atoms with van der Waals surface area (Å²) in [4.78, 5) is 19.0.